The lowest BCUT2D eigenvalue weighted by Crippen LogP contribution is -2.28. The van der Waals surface area contributed by atoms with Crippen LogP contribution >= 0.6 is 24.0 Å². The van der Waals surface area contributed by atoms with Gasteiger partial charge in [0, 0.05) is 0 Å². The summed E-state index contributed by atoms with van der Waals surface area (Å²) in [5.74, 6) is -0.713. The number of carbonyl (C=O) groups is 1. The summed E-state index contributed by atoms with van der Waals surface area (Å²) in [6.07, 6.45) is 1.64. The average Bonchev–Trinajstić information content (AvgIpc) is 3.03. The molecule has 6 nitrogen and oxygen atoms in total. The molecule has 0 aromatic heterocycles. The number of rotatable bonds is 4. The Hall–Kier alpha value is -3.49. The van der Waals surface area contributed by atoms with E-state index in [0.29, 0.717) is 26.2 Å². The molecule has 1 heterocycles. The SMILES string of the molecule is Cc1ccccc1N=Nc1ccc(N2C(=O)/C(=C/c3ccc(O)c(O)c3)SC2=S)c(C)c1. The highest BCUT2D eigenvalue weighted by molar-refractivity contribution is 8.27. The van der Waals surface area contributed by atoms with Gasteiger partial charge in [0.25, 0.3) is 5.91 Å². The standard InChI is InChI=1S/C24H19N3O3S2/c1-14-5-3-4-6-18(14)26-25-17-8-9-19(15(2)11-17)27-23(30)22(32-24(27)31)13-16-7-10-20(28)21(29)12-16/h3-13,28-29H,1-2H3/b22-13-,26-25?. The quantitative estimate of drug-likeness (QED) is 0.199. The van der Waals surface area contributed by atoms with E-state index in [4.69, 9.17) is 12.2 Å². The van der Waals surface area contributed by atoms with Gasteiger partial charge in [-0.05, 0) is 73.0 Å². The molecule has 0 radical (unpaired) electrons. The molecule has 1 amide bonds. The maximum Gasteiger partial charge on any atom is 0.270 e. The van der Waals surface area contributed by atoms with E-state index >= 15 is 0 Å². The molecule has 8 heteroatoms. The van der Waals surface area contributed by atoms with Crippen molar-refractivity contribution in [2.45, 2.75) is 13.8 Å². The minimum Gasteiger partial charge on any atom is -0.504 e. The lowest BCUT2D eigenvalue weighted by Gasteiger charge is -2.17. The highest BCUT2D eigenvalue weighted by Crippen LogP contribution is 2.39. The molecule has 0 saturated carbocycles. The largest absolute Gasteiger partial charge is 0.504 e. The first-order chi connectivity index (χ1) is 15.3. The van der Waals surface area contributed by atoms with Gasteiger partial charge in [-0.15, -0.1) is 0 Å². The fraction of sp³-hybridized carbons (Fsp3) is 0.0833. The third-order valence-corrected chi connectivity index (χ3v) is 6.20. The molecule has 0 spiro atoms. The molecule has 32 heavy (non-hydrogen) atoms. The highest BCUT2D eigenvalue weighted by atomic mass is 32.2. The van der Waals surface area contributed by atoms with Gasteiger partial charge in [0.05, 0.1) is 22.0 Å². The molecular weight excluding hydrogens is 442 g/mol. The van der Waals surface area contributed by atoms with Crippen molar-refractivity contribution in [1.29, 1.82) is 0 Å². The fourth-order valence-electron chi connectivity index (χ4n) is 3.20. The number of thiocarbonyl (C=S) groups is 1. The Bertz CT molecular complexity index is 1300. The zero-order valence-electron chi connectivity index (χ0n) is 17.3. The van der Waals surface area contributed by atoms with Crippen molar-refractivity contribution in [1.82, 2.24) is 0 Å². The van der Waals surface area contributed by atoms with E-state index in [1.54, 1.807) is 18.2 Å². The number of azo groups is 1. The normalized spacial score (nSPS) is 15.3. The summed E-state index contributed by atoms with van der Waals surface area (Å²) in [6, 6.07) is 17.6. The van der Waals surface area contributed by atoms with E-state index in [1.807, 2.05) is 50.2 Å². The number of aromatic hydroxyl groups is 2. The monoisotopic (exact) mass is 461 g/mol. The van der Waals surface area contributed by atoms with Crippen molar-refractivity contribution in [3.8, 4) is 11.5 Å². The topological polar surface area (TPSA) is 85.5 Å². The maximum atomic E-state index is 13.1. The van der Waals surface area contributed by atoms with Crippen molar-refractivity contribution >= 4 is 57.3 Å². The third-order valence-electron chi connectivity index (χ3n) is 4.90. The van der Waals surface area contributed by atoms with Crippen LogP contribution in [0, 0.1) is 13.8 Å². The molecule has 1 aliphatic heterocycles. The van der Waals surface area contributed by atoms with Crippen LogP contribution < -0.4 is 4.90 Å². The van der Waals surface area contributed by atoms with Crippen molar-refractivity contribution < 1.29 is 15.0 Å². The second-order valence-corrected chi connectivity index (χ2v) is 8.90. The Morgan fingerprint density at radius 2 is 1.72 bits per heavy atom. The van der Waals surface area contributed by atoms with E-state index in [9.17, 15) is 15.0 Å². The molecule has 1 saturated heterocycles. The number of phenolic OH excluding ortho intramolecular Hbond substituents is 2. The molecule has 0 bridgehead atoms. The van der Waals surface area contributed by atoms with Gasteiger partial charge in [-0.25, -0.2) is 0 Å². The summed E-state index contributed by atoms with van der Waals surface area (Å²) in [7, 11) is 0. The third kappa shape index (κ3) is 4.42. The van der Waals surface area contributed by atoms with Gasteiger partial charge in [-0.3, -0.25) is 9.69 Å². The summed E-state index contributed by atoms with van der Waals surface area (Å²) in [4.78, 5) is 15.0. The zero-order valence-corrected chi connectivity index (χ0v) is 18.9. The number of hydrogen-bond acceptors (Lipinski definition) is 7. The van der Waals surface area contributed by atoms with Crippen LogP contribution in [-0.4, -0.2) is 20.4 Å². The van der Waals surface area contributed by atoms with E-state index < -0.39 is 0 Å². The summed E-state index contributed by atoms with van der Waals surface area (Å²) < 4.78 is 0.418. The zero-order chi connectivity index (χ0) is 22.8. The molecule has 4 rings (SSSR count). The minimum absolute atomic E-state index is 0.218. The van der Waals surface area contributed by atoms with Crippen molar-refractivity contribution in [3.63, 3.8) is 0 Å². The fourth-order valence-corrected chi connectivity index (χ4v) is 4.48. The number of anilines is 1. The van der Waals surface area contributed by atoms with Crippen LogP contribution in [0.4, 0.5) is 17.1 Å². The van der Waals surface area contributed by atoms with E-state index in [-0.39, 0.29) is 17.4 Å². The first kappa shape index (κ1) is 21.7. The van der Waals surface area contributed by atoms with Gasteiger partial charge in [0.1, 0.15) is 0 Å². The Morgan fingerprint density at radius 3 is 2.44 bits per heavy atom. The second-order valence-electron chi connectivity index (χ2n) is 7.22. The van der Waals surface area contributed by atoms with E-state index in [1.165, 1.54) is 28.8 Å². The molecule has 0 atom stereocenters. The van der Waals surface area contributed by atoms with E-state index in [2.05, 4.69) is 10.2 Å². The number of thioether (sulfide) groups is 1. The smallest absolute Gasteiger partial charge is 0.270 e. The number of hydrogen-bond donors (Lipinski definition) is 2. The Balaban J connectivity index is 1.58. The van der Waals surface area contributed by atoms with Crippen LogP contribution in [0.25, 0.3) is 6.08 Å². The summed E-state index contributed by atoms with van der Waals surface area (Å²) in [6.45, 7) is 3.87. The minimum atomic E-state index is -0.250. The van der Waals surface area contributed by atoms with Gasteiger partial charge in [0.15, 0.2) is 15.8 Å². The van der Waals surface area contributed by atoms with Crippen molar-refractivity contribution in [2.24, 2.45) is 10.2 Å². The number of phenols is 2. The first-order valence-electron chi connectivity index (χ1n) is 9.71. The van der Waals surface area contributed by atoms with Crippen LogP contribution in [0.5, 0.6) is 11.5 Å². The number of carbonyl (C=O) groups excluding carboxylic acids is 1. The van der Waals surface area contributed by atoms with Crippen LogP contribution in [0.3, 0.4) is 0 Å². The van der Waals surface area contributed by atoms with Gasteiger partial charge < -0.3 is 10.2 Å². The van der Waals surface area contributed by atoms with Crippen LogP contribution in [-0.2, 0) is 4.79 Å². The predicted octanol–water partition coefficient (Wildman–Crippen LogP) is 6.54. The Kier molecular flexibility index (Phi) is 6.07. The van der Waals surface area contributed by atoms with E-state index in [0.717, 1.165) is 16.8 Å². The molecule has 0 aliphatic carbocycles. The molecule has 0 unspecified atom stereocenters. The summed E-state index contributed by atoms with van der Waals surface area (Å²) in [5, 5.41) is 27.8. The van der Waals surface area contributed by atoms with Crippen molar-refractivity contribution in [3.05, 3.63) is 82.3 Å². The number of amides is 1. The summed E-state index contributed by atoms with van der Waals surface area (Å²) >= 11 is 6.64. The second kappa shape index (κ2) is 8.94. The van der Waals surface area contributed by atoms with Crippen LogP contribution in [0.1, 0.15) is 16.7 Å². The molecule has 1 aliphatic rings. The lowest BCUT2D eigenvalue weighted by molar-refractivity contribution is -0.113. The number of aryl methyl sites for hydroxylation is 2. The van der Waals surface area contributed by atoms with Gasteiger partial charge in [0.2, 0.25) is 0 Å². The first-order valence-corrected chi connectivity index (χ1v) is 10.9. The average molecular weight is 462 g/mol. The van der Waals surface area contributed by atoms with Crippen LogP contribution in [0.15, 0.2) is 75.8 Å². The molecular formula is C24H19N3O3S2. The van der Waals surface area contributed by atoms with Gasteiger partial charge >= 0.3 is 0 Å². The van der Waals surface area contributed by atoms with Gasteiger partial charge in [-0.2, -0.15) is 10.2 Å². The number of benzene rings is 3. The van der Waals surface area contributed by atoms with Crippen molar-refractivity contribution in [2.75, 3.05) is 4.90 Å². The predicted molar refractivity (Wildman–Crippen MR) is 132 cm³/mol. The number of nitrogens with zero attached hydrogens (tertiary/aromatic N) is 3. The van der Waals surface area contributed by atoms with Gasteiger partial charge in [-0.1, -0.05) is 48.2 Å². The highest BCUT2D eigenvalue weighted by Gasteiger charge is 2.34. The van der Waals surface area contributed by atoms with Crippen LogP contribution in [0.2, 0.25) is 0 Å². The Morgan fingerprint density at radius 1 is 0.938 bits per heavy atom. The maximum absolute atomic E-state index is 13.1. The Labute approximate surface area is 194 Å². The summed E-state index contributed by atoms with van der Waals surface area (Å²) in [5.41, 5.74) is 4.62. The molecule has 160 valence electrons. The lowest BCUT2D eigenvalue weighted by atomic mass is 10.1. The molecule has 2 N–H and O–H groups in total. The molecule has 3 aromatic carbocycles. The molecule has 3 aromatic rings. The molecule has 1 fully saturated rings.